The first-order chi connectivity index (χ1) is 12.7. The summed E-state index contributed by atoms with van der Waals surface area (Å²) < 4.78 is 29.2. The van der Waals surface area contributed by atoms with E-state index >= 15 is 0 Å². The van der Waals surface area contributed by atoms with E-state index in [4.69, 9.17) is 0 Å². The van der Waals surface area contributed by atoms with E-state index in [2.05, 4.69) is 19.9 Å². The van der Waals surface area contributed by atoms with Gasteiger partial charge in [0.15, 0.2) is 5.03 Å². The zero-order valence-electron chi connectivity index (χ0n) is 16.5. The average molecular weight is 394 g/mol. The molecule has 3 heterocycles. The first-order valence-corrected chi connectivity index (χ1v) is 10.5. The van der Waals surface area contributed by atoms with Crippen molar-refractivity contribution < 1.29 is 8.42 Å². The lowest BCUT2D eigenvalue weighted by atomic mass is 10.3. The predicted octanol–water partition coefficient (Wildman–Crippen LogP) is 0.887. The fourth-order valence-electron chi connectivity index (χ4n) is 3.14. The van der Waals surface area contributed by atoms with Crippen molar-refractivity contribution in [3.63, 3.8) is 0 Å². The summed E-state index contributed by atoms with van der Waals surface area (Å²) >= 11 is 0. The molecule has 10 heteroatoms. The standard InChI is InChI=1S/C17H27N7O2S/c1-6-22-12-17(20-14(22)3)27(25,26)24-9-7-23(8-10-24)16-11-15(21(4)5)18-13(2)19-16/h11-12H,6-10H2,1-5H3. The second-order valence-corrected chi connectivity index (χ2v) is 8.71. The molecule has 1 saturated heterocycles. The lowest BCUT2D eigenvalue weighted by Gasteiger charge is -2.34. The number of nitrogens with zero attached hydrogens (tertiary/aromatic N) is 7. The van der Waals surface area contributed by atoms with Gasteiger partial charge in [0.1, 0.15) is 23.3 Å². The van der Waals surface area contributed by atoms with Crippen LogP contribution < -0.4 is 9.80 Å². The summed E-state index contributed by atoms with van der Waals surface area (Å²) in [6, 6.07) is 1.93. The predicted molar refractivity (Wildman–Crippen MR) is 105 cm³/mol. The topological polar surface area (TPSA) is 87.5 Å². The fraction of sp³-hybridized carbons (Fsp3) is 0.588. The van der Waals surface area contributed by atoms with E-state index in [1.54, 1.807) is 6.20 Å². The minimum absolute atomic E-state index is 0.128. The van der Waals surface area contributed by atoms with Crippen LogP contribution in [0, 0.1) is 13.8 Å². The van der Waals surface area contributed by atoms with Gasteiger partial charge in [0.2, 0.25) is 0 Å². The molecule has 0 saturated carbocycles. The molecule has 0 N–H and O–H groups in total. The second-order valence-electron chi connectivity index (χ2n) is 6.83. The van der Waals surface area contributed by atoms with Gasteiger partial charge in [-0.2, -0.15) is 4.31 Å². The van der Waals surface area contributed by atoms with Gasteiger partial charge in [0.25, 0.3) is 10.0 Å². The molecule has 0 aromatic carbocycles. The minimum atomic E-state index is -3.58. The van der Waals surface area contributed by atoms with E-state index in [-0.39, 0.29) is 5.03 Å². The molecular formula is C17H27N7O2S. The maximum absolute atomic E-state index is 12.9. The van der Waals surface area contributed by atoms with Crippen LogP contribution in [-0.2, 0) is 16.6 Å². The van der Waals surface area contributed by atoms with Gasteiger partial charge >= 0.3 is 0 Å². The molecular weight excluding hydrogens is 366 g/mol. The van der Waals surface area contributed by atoms with Gasteiger partial charge in [-0.15, -0.1) is 0 Å². The number of hydrogen-bond donors (Lipinski definition) is 0. The normalized spacial score (nSPS) is 16.0. The summed E-state index contributed by atoms with van der Waals surface area (Å²) in [5.74, 6) is 3.08. The Labute approximate surface area is 160 Å². The first kappa shape index (κ1) is 19.6. The Morgan fingerprint density at radius 2 is 1.74 bits per heavy atom. The SMILES string of the molecule is CCn1cc(S(=O)(=O)N2CCN(c3cc(N(C)C)nc(C)n3)CC2)nc1C. The van der Waals surface area contributed by atoms with E-state index in [1.165, 1.54) is 4.31 Å². The molecule has 0 amide bonds. The highest BCUT2D eigenvalue weighted by molar-refractivity contribution is 7.89. The van der Waals surface area contributed by atoms with Crippen LogP contribution >= 0.6 is 0 Å². The van der Waals surface area contributed by atoms with Crippen molar-refractivity contribution in [1.82, 2.24) is 23.8 Å². The van der Waals surface area contributed by atoms with E-state index in [1.807, 2.05) is 50.4 Å². The van der Waals surface area contributed by atoms with Gasteiger partial charge in [-0.3, -0.25) is 0 Å². The Balaban J connectivity index is 1.75. The highest BCUT2D eigenvalue weighted by Crippen LogP contribution is 2.22. The van der Waals surface area contributed by atoms with E-state index in [0.717, 1.165) is 11.6 Å². The monoisotopic (exact) mass is 393 g/mol. The molecule has 2 aromatic heterocycles. The molecule has 2 aromatic rings. The molecule has 1 aliphatic rings. The van der Waals surface area contributed by atoms with Crippen LogP contribution in [0.15, 0.2) is 17.3 Å². The summed E-state index contributed by atoms with van der Waals surface area (Å²) in [6.07, 6.45) is 1.62. The molecule has 0 radical (unpaired) electrons. The molecule has 27 heavy (non-hydrogen) atoms. The largest absolute Gasteiger partial charge is 0.363 e. The average Bonchev–Trinajstić information content (AvgIpc) is 3.03. The summed E-state index contributed by atoms with van der Waals surface area (Å²) in [7, 11) is 0.301. The number of anilines is 2. The van der Waals surface area contributed by atoms with Crippen molar-refractivity contribution in [2.45, 2.75) is 32.3 Å². The number of aryl methyl sites for hydroxylation is 3. The summed E-state index contributed by atoms with van der Waals surface area (Å²) in [4.78, 5) is 17.2. The molecule has 0 bridgehead atoms. The maximum Gasteiger partial charge on any atom is 0.262 e. The first-order valence-electron chi connectivity index (χ1n) is 9.04. The van der Waals surface area contributed by atoms with Crippen molar-refractivity contribution in [3.8, 4) is 0 Å². The highest BCUT2D eigenvalue weighted by Gasteiger charge is 2.31. The zero-order chi connectivity index (χ0) is 19.8. The van der Waals surface area contributed by atoms with Gasteiger partial charge in [-0.1, -0.05) is 0 Å². The number of sulfonamides is 1. The zero-order valence-corrected chi connectivity index (χ0v) is 17.4. The third kappa shape index (κ3) is 3.91. The number of imidazole rings is 1. The van der Waals surface area contributed by atoms with Crippen molar-refractivity contribution in [3.05, 3.63) is 23.9 Å². The minimum Gasteiger partial charge on any atom is -0.363 e. The molecule has 9 nitrogen and oxygen atoms in total. The van der Waals surface area contributed by atoms with Crippen molar-refractivity contribution in [2.24, 2.45) is 0 Å². The quantitative estimate of drug-likeness (QED) is 0.745. The Bertz CT molecular complexity index is 915. The van der Waals surface area contributed by atoms with Crippen LogP contribution in [0.2, 0.25) is 0 Å². The molecule has 1 aliphatic heterocycles. The molecule has 3 rings (SSSR count). The molecule has 0 atom stereocenters. The van der Waals surface area contributed by atoms with Crippen LogP contribution in [0.25, 0.3) is 0 Å². The van der Waals surface area contributed by atoms with Crippen molar-refractivity contribution in [2.75, 3.05) is 50.1 Å². The van der Waals surface area contributed by atoms with Gasteiger partial charge in [0, 0.05) is 59.1 Å². The second kappa shape index (κ2) is 7.43. The number of rotatable bonds is 5. The summed E-state index contributed by atoms with van der Waals surface area (Å²) in [6.45, 7) is 8.32. The van der Waals surface area contributed by atoms with Crippen LogP contribution in [0.5, 0.6) is 0 Å². The fourth-order valence-corrected chi connectivity index (χ4v) is 4.56. The smallest absolute Gasteiger partial charge is 0.262 e. The maximum atomic E-state index is 12.9. The highest BCUT2D eigenvalue weighted by atomic mass is 32.2. The van der Waals surface area contributed by atoms with Crippen molar-refractivity contribution >= 4 is 21.7 Å². The summed E-state index contributed by atoms with van der Waals surface area (Å²) in [5, 5.41) is 0.128. The van der Waals surface area contributed by atoms with Crippen LogP contribution in [0.1, 0.15) is 18.6 Å². The van der Waals surface area contributed by atoms with Gasteiger partial charge in [-0.05, 0) is 20.8 Å². The van der Waals surface area contributed by atoms with E-state index < -0.39 is 10.0 Å². The molecule has 148 valence electrons. The lowest BCUT2D eigenvalue weighted by molar-refractivity contribution is 0.382. The number of piperazine rings is 1. The molecule has 0 aliphatic carbocycles. The third-order valence-corrected chi connectivity index (χ3v) is 6.50. The van der Waals surface area contributed by atoms with Gasteiger partial charge < -0.3 is 14.4 Å². The third-order valence-electron chi connectivity index (χ3n) is 4.73. The summed E-state index contributed by atoms with van der Waals surface area (Å²) in [5.41, 5.74) is 0. The van der Waals surface area contributed by atoms with Gasteiger partial charge in [0.05, 0.1) is 0 Å². The lowest BCUT2D eigenvalue weighted by Crippen LogP contribution is -2.49. The Morgan fingerprint density at radius 1 is 1.07 bits per heavy atom. The van der Waals surface area contributed by atoms with E-state index in [9.17, 15) is 8.42 Å². The van der Waals surface area contributed by atoms with Gasteiger partial charge in [-0.25, -0.2) is 23.4 Å². The molecule has 0 unspecified atom stereocenters. The number of hydrogen-bond acceptors (Lipinski definition) is 7. The Kier molecular flexibility index (Phi) is 5.38. The van der Waals surface area contributed by atoms with Crippen molar-refractivity contribution in [1.29, 1.82) is 0 Å². The van der Waals surface area contributed by atoms with Crippen LogP contribution in [0.4, 0.5) is 11.6 Å². The molecule has 1 fully saturated rings. The Morgan fingerprint density at radius 3 is 2.30 bits per heavy atom. The van der Waals surface area contributed by atoms with Crippen LogP contribution in [-0.4, -0.2) is 72.5 Å². The number of aromatic nitrogens is 4. The molecule has 0 spiro atoms. The Hall–Kier alpha value is -2.20. The van der Waals surface area contributed by atoms with Crippen LogP contribution in [0.3, 0.4) is 0 Å². The van der Waals surface area contributed by atoms with E-state index in [0.29, 0.717) is 44.4 Å².